The minimum atomic E-state index is -0.330. The number of benzene rings is 2. The molecule has 1 aromatic heterocycles. The number of carbonyl (C=O) groups excluding carboxylic acids is 1. The Morgan fingerprint density at radius 1 is 1.12 bits per heavy atom. The lowest BCUT2D eigenvalue weighted by molar-refractivity contribution is -0.117. The second-order valence-electron chi connectivity index (χ2n) is 5.40. The third kappa shape index (κ3) is 3.41. The molecule has 5 nitrogen and oxygen atoms in total. The molecule has 1 amide bonds. The van der Waals surface area contributed by atoms with E-state index in [4.69, 9.17) is 9.47 Å². The van der Waals surface area contributed by atoms with E-state index in [1.165, 1.54) is 23.5 Å². The van der Waals surface area contributed by atoms with E-state index in [1.54, 1.807) is 26.4 Å². The molecular formula is C18H17FN2O3S. The molecule has 0 saturated heterocycles. The number of rotatable bonds is 4. The number of halogens is 1. The number of thiazole rings is 1. The number of methoxy groups -OCH3 is 2. The fourth-order valence-corrected chi connectivity index (χ4v) is 3.70. The van der Waals surface area contributed by atoms with Gasteiger partial charge in [0.15, 0.2) is 4.80 Å². The quantitative estimate of drug-likeness (QED) is 0.719. The van der Waals surface area contributed by atoms with Gasteiger partial charge in [-0.3, -0.25) is 4.79 Å². The van der Waals surface area contributed by atoms with Gasteiger partial charge in [0.05, 0.1) is 20.6 Å². The Kier molecular flexibility index (Phi) is 4.85. The Labute approximate surface area is 148 Å². The number of fused-ring (bicyclic) bond motifs is 1. The van der Waals surface area contributed by atoms with E-state index >= 15 is 0 Å². The van der Waals surface area contributed by atoms with E-state index in [2.05, 4.69) is 4.99 Å². The van der Waals surface area contributed by atoms with Crippen molar-refractivity contribution in [2.24, 2.45) is 12.0 Å². The maximum absolute atomic E-state index is 13.0. The van der Waals surface area contributed by atoms with Gasteiger partial charge in [-0.05, 0) is 29.8 Å². The number of hydrogen-bond acceptors (Lipinski definition) is 4. The molecule has 0 bridgehead atoms. The predicted octanol–water partition coefficient (Wildman–Crippen LogP) is 3.07. The Morgan fingerprint density at radius 2 is 1.76 bits per heavy atom. The first kappa shape index (κ1) is 17.2. The van der Waals surface area contributed by atoms with Crippen molar-refractivity contribution in [3.63, 3.8) is 0 Å². The van der Waals surface area contributed by atoms with Crippen LogP contribution in [0.3, 0.4) is 0 Å². The van der Waals surface area contributed by atoms with E-state index < -0.39 is 0 Å². The monoisotopic (exact) mass is 360 g/mol. The second-order valence-corrected chi connectivity index (χ2v) is 6.38. The molecule has 25 heavy (non-hydrogen) atoms. The Hall–Kier alpha value is -2.67. The van der Waals surface area contributed by atoms with Crippen molar-refractivity contribution in [1.82, 2.24) is 4.57 Å². The van der Waals surface area contributed by atoms with Crippen LogP contribution in [0, 0.1) is 5.82 Å². The van der Waals surface area contributed by atoms with Gasteiger partial charge in [0, 0.05) is 7.05 Å². The Bertz CT molecular complexity index is 990. The topological polar surface area (TPSA) is 52.8 Å². The highest BCUT2D eigenvalue weighted by molar-refractivity contribution is 7.16. The van der Waals surface area contributed by atoms with Crippen molar-refractivity contribution >= 4 is 27.5 Å². The molecule has 0 unspecified atom stereocenters. The first-order valence-corrected chi connectivity index (χ1v) is 8.37. The van der Waals surface area contributed by atoms with Gasteiger partial charge in [-0.25, -0.2) is 4.39 Å². The molecule has 130 valence electrons. The van der Waals surface area contributed by atoms with Crippen LogP contribution in [0.2, 0.25) is 0 Å². The molecular weight excluding hydrogens is 343 g/mol. The number of amides is 1. The molecule has 0 atom stereocenters. The normalized spacial score (nSPS) is 11.8. The predicted molar refractivity (Wildman–Crippen MR) is 94.6 cm³/mol. The van der Waals surface area contributed by atoms with Crippen molar-refractivity contribution in [2.75, 3.05) is 14.2 Å². The molecule has 0 aliphatic carbocycles. The summed E-state index contributed by atoms with van der Waals surface area (Å²) in [4.78, 5) is 17.0. The van der Waals surface area contributed by atoms with Crippen LogP contribution in [0.5, 0.6) is 11.5 Å². The summed E-state index contributed by atoms with van der Waals surface area (Å²) < 4.78 is 26.4. The molecule has 0 aliphatic rings. The van der Waals surface area contributed by atoms with E-state index in [1.807, 2.05) is 23.7 Å². The van der Waals surface area contributed by atoms with Gasteiger partial charge >= 0.3 is 0 Å². The summed E-state index contributed by atoms with van der Waals surface area (Å²) >= 11 is 1.36. The molecule has 1 heterocycles. The molecule has 0 N–H and O–H groups in total. The zero-order valence-electron chi connectivity index (χ0n) is 14.1. The van der Waals surface area contributed by atoms with Gasteiger partial charge in [0.1, 0.15) is 27.5 Å². The van der Waals surface area contributed by atoms with Crippen molar-refractivity contribution in [2.45, 2.75) is 6.42 Å². The summed E-state index contributed by atoms with van der Waals surface area (Å²) in [6.07, 6.45) is 0.114. The van der Waals surface area contributed by atoms with Crippen LogP contribution in [0.15, 0.2) is 41.4 Å². The minimum absolute atomic E-state index is 0.114. The van der Waals surface area contributed by atoms with Crippen LogP contribution in [0.25, 0.3) is 10.2 Å². The highest BCUT2D eigenvalue weighted by Gasteiger charge is 2.14. The van der Waals surface area contributed by atoms with Crippen LogP contribution in [0.1, 0.15) is 5.56 Å². The van der Waals surface area contributed by atoms with Crippen LogP contribution >= 0.6 is 11.3 Å². The number of aromatic nitrogens is 1. The number of ether oxygens (including phenoxy) is 2. The fourth-order valence-electron chi connectivity index (χ4n) is 2.55. The zero-order valence-corrected chi connectivity index (χ0v) is 14.9. The van der Waals surface area contributed by atoms with Gasteiger partial charge < -0.3 is 14.0 Å². The average molecular weight is 360 g/mol. The maximum Gasteiger partial charge on any atom is 0.252 e. The molecule has 7 heteroatoms. The van der Waals surface area contributed by atoms with Gasteiger partial charge in [-0.15, -0.1) is 0 Å². The van der Waals surface area contributed by atoms with Crippen molar-refractivity contribution in [1.29, 1.82) is 0 Å². The van der Waals surface area contributed by atoms with E-state index in [0.29, 0.717) is 21.9 Å². The Morgan fingerprint density at radius 3 is 2.40 bits per heavy atom. The summed E-state index contributed by atoms with van der Waals surface area (Å²) in [5.74, 6) is 0.751. The van der Waals surface area contributed by atoms with Crippen LogP contribution in [0.4, 0.5) is 4.39 Å². The van der Waals surface area contributed by atoms with Crippen molar-refractivity contribution < 1.29 is 18.7 Å². The summed E-state index contributed by atoms with van der Waals surface area (Å²) in [5.41, 5.74) is 1.54. The van der Waals surface area contributed by atoms with Gasteiger partial charge in [0.25, 0.3) is 5.91 Å². The number of carbonyl (C=O) groups is 1. The first-order valence-electron chi connectivity index (χ1n) is 7.56. The Balaban J connectivity index is 2.02. The fraction of sp³-hybridized carbons (Fsp3) is 0.222. The average Bonchev–Trinajstić information content (AvgIpc) is 2.93. The van der Waals surface area contributed by atoms with Crippen molar-refractivity contribution in [3.05, 3.63) is 52.6 Å². The van der Waals surface area contributed by atoms with Gasteiger partial charge in [-0.2, -0.15) is 4.99 Å². The molecule has 0 spiro atoms. The second kappa shape index (κ2) is 7.06. The minimum Gasteiger partial charge on any atom is -0.495 e. The molecule has 0 aliphatic heterocycles. The molecule has 0 fully saturated rings. The molecule has 0 radical (unpaired) electrons. The number of aryl methyl sites for hydroxylation is 1. The summed E-state index contributed by atoms with van der Waals surface area (Å²) in [5, 5.41) is 0. The van der Waals surface area contributed by atoms with Crippen molar-refractivity contribution in [3.8, 4) is 11.5 Å². The molecule has 0 saturated carbocycles. The van der Waals surface area contributed by atoms with E-state index in [-0.39, 0.29) is 18.1 Å². The lowest BCUT2D eigenvalue weighted by Gasteiger charge is -2.06. The molecule has 2 aromatic carbocycles. The number of nitrogens with zero attached hydrogens (tertiary/aromatic N) is 2. The highest BCUT2D eigenvalue weighted by Crippen LogP contribution is 2.34. The van der Waals surface area contributed by atoms with Gasteiger partial charge in [0.2, 0.25) is 0 Å². The van der Waals surface area contributed by atoms with E-state index in [0.717, 1.165) is 10.2 Å². The molecule has 3 rings (SSSR count). The summed E-state index contributed by atoms with van der Waals surface area (Å²) in [6.45, 7) is 0. The van der Waals surface area contributed by atoms with E-state index in [9.17, 15) is 9.18 Å². The number of hydrogen-bond donors (Lipinski definition) is 0. The first-order chi connectivity index (χ1) is 12.0. The molecule has 3 aromatic rings. The standard InChI is InChI=1S/C18H17FN2O3S/c1-21-16-13(23-2)8-9-14(24-3)17(16)25-18(21)20-15(22)10-11-4-6-12(19)7-5-11/h4-9H,10H2,1-3H3. The van der Waals surface area contributed by atoms with Crippen LogP contribution in [-0.2, 0) is 18.3 Å². The lowest BCUT2D eigenvalue weighted by atomic mass is 10.1. The lowest BCUT2D eigenvalue weighted by Crippen LogP contribution is -2.14. The smallest absolute Gasteiger partial charge is 0.252 e. The SMILES string of the molecule is COc1ccc(OC)c2c1sc(=NC(=O)Cc1ccc(F)cc1)n2C. The third-order valence-corrected chi connectivity index (χ3v) is 4.95. The van der Waals surface area contributed by atoms with Crippen LogP contribution < -0.4 is 14.3 Å². The highest BCUT2D eigenvalue weighted by atomic mass is 32.1. The summed E-state index contributed by atoms with van der Waals surface area (Å²) in [7, 11) is 5.01. The van der Waals surface area contributed by atoms with Gasteiger partial charge in [-0.1, -0.05) is 23.5 Å². The zero-order chi connectivity index (χ0) is 18.0. The largest absolute Gasteiger partial charge is 0.495 e. The third-order valence-electron chi connectivity index (χ3n) is 3.80. The summed E-state index contributed by atoms with van der Waals surface area (Å²) in [6, 6.07) is 9.47. The maximum atomic E-state index is 13.0. The van der Waals surface area contributed by atoms with Crippen LogP contribution in [-0.4, -0.2) is 24.7 Å².